The van der Waals surface area contributed by atoms with Gasteiger partial charge in [0.2, 0.25) is 11.8 Å². The Bertz CT molecular complexity index is 771. The molecular weight excluding hydrogens is 320 g/mol. The molecule has 2 amide bonds. The van der Waals surface area contributed by atoms with Gasteiger partial charge in [-0.3, -0.25) is 14.7 Å². The van der Waals surface area contributed by atoms with E-state index >= 15 is 0 Å². The molecule has 132 valence electrons. The van der Waals surface area contributed by atoms with Crippen molar-refractivity contribution >= 4 is 17.6 Å². The number of nitrogens with zero attached hydrogens (tertiary/aromatic N) is 1. The molecule has 25 heavy (non-hydrogen) atoms. The van der Waals surface area contributed by atoms with Crippen molar-refractivity contribution in [2.24, 2.45) is 11.8 Å². The molecule has 7 nitrogen and oxygen atoms in total. The van der Waals surface area contributed by atoms with Crippen molar-refractivity contribution in [2.75, 3.05) is 19.0 Å². The maximum Gasteiger partial charge on any atom is 0.227 e. The van der Waals surface area contributed by atoms with Gasteiger partial charge in [0.15, 0.2) is 5.82 Å². The number of amides is 2. The molecule has 2 aromatic rings. The van der Waals surface area contributed by atoms with E-state index in [0.717, 1.165) is 23.4 Å². The summed E-state index contributed by atoms with van der Waals surface area (Å²) in [4.78, 5) is 23.7. The van der Waals surface area contributed by atoms with Crippen LogP contribution in [0.2, 0.25) is 0 Å². The fraction of sp³-hybridized carbons (Fsp3) is 0.389. The number of anilines is 1. The largest absolute Gasteiger partial charge is 0.496 e. The van der Waals surface area contributed by atoms with E-state index in [4.69, 9.17) is 4.74 Å². The molecule has 1 fully saturated rings. The van der Waals surface area contributed by atoms with Crippen molar-refractivity contribution in [1.29, 1.82) is 0 Å². The normalized spacial score (nSPS) is 18.5. The van der Waals surface area contributed by atoms with Crippen LogP contribution in [0.1, 0.15) is 19.8 Å². The highest BCUT2D eigenvalue weighted by Crippen LogP contribution is 2.37. The zero-order valence-corrected chi connectivity index (χ0v) is 14.3. The number of aromatic nitrogens is 2. The summed E-state index contributed by atoms with van der Waals surface area (Å²) < 4.78 is 5.32. The molecule has 0 aliphatic heterocycles. The molecule has 0 radical (unpaired) electrons. The second-order valence-corrected chi connectivity index (χ2v) is 6.28. The highest BCUT2D eigenvalue weighted by molar-refractivity contribution is 5.91. The van der Waals surface area contributed by atoms with Crippen LogP contribution < -0.4 is 15.4 Å². The minimum Gasteiger partial charge on any atom is -0.496 e. The maximum atomic E-state index is 12.0. The Morgan fingerprint density at radius 2 is 2.12 bits per heavy atom. The van der Waals surface area contributed by atoms with Gasteiger partial charge in [-0.15, -0.1) is 0 Å². The zero-order chi connectivity index (χ0) is 17.8. The van der Waals surface area contributed by atoms with Crippen molar-refractivity contribution in [3.8, 4) is 17.0 Å². The maximum absolute atomic E-state index is 12.0. The lowest BCUT2D eigenvalue weighted by molar-refractivity contribution is -0.122. The molecule has 0 unspecified atom stereocenters. The highest BCUT2D eigenvalue weighted by atomic mass is 16.5. The SMILES string of the molecule is COc1ccccc1-c1cc(NC(=O)CCNC(=O)[C@@H]2C[C@H]2C)n[nH]1. The van der Waals surface area contributed by atoms with Gasteiger partial charge in [0.1, 0.15) is 5.75 Å². The number of ether oxygens (including phenoxy) is 1. The Morgan fingerprint density at radius 3 is 2.84 bits per heavy atom. The van der Waals surface area contributed by atoms with E-state index in [-0.39, 0.29) is 24.2 Å². The van der Waals surface area contributed by atoms with Crippen LogP contribution in [0, 0.1) is 11.8 Å². The van der Waals surface area contributed by atoms with Crippen molar-refractivity contribution in [3.63, 3.8) is 0 Å². The fourth-order valence-electron chi connectivity index (χ4n) is 2.71. The molecule has 3 N–H and O–H groups in total. The van der Waals surface area contributed by atoms with Gasteiger partial charge in [0.25, 0.3) is 0 Å². The van der Waals surface area contributed by atoms with Gasteiger partial charge in [-0.05, 0) is 24.5 Å². The highest BCUT2D eigenvalue weighted by Gasteiger charge is 2.38. The third-order valence-electron chi connectivity index (χ3n) is 4.34. The predicted octanol–water partition coefficient (Wildman–Crippen LogP) is 2.19. The van der Waals surface area contributed by atoms with Gasteiger partial charge in [0, 0.05) is 30.5 Å². The molecule has 1 heterocycles. The Kier molecular flexibility index (Phi) is 5.02. The number of H-pyrrole nitrogens is 1. The van der Waals surface area contributed by atoms with E-state index in [0.29, 0.717) is 18.3 Å². The number of rotatable bonds is 7. The number of hydrogen-bond acceptors (Lipinski definition) is 4. The van der Waals surface area contributed by atoms with E-state index in [1.54, 1.807) is 13.2 Å². The lowest BCUT2D eigenvalue weighted by Crippen LogP contribution is -2.29. The topological polar surface area (TPSA) is 96.1 Å². The first-order valence-electron chi connectivity index (χ1n) is 8.35. The Labute approximate surface area is 146 Å². The molecule has 3 rings (SSSR count). The smallest absolute Gasteiger partial charge is 0.227 e. The Hall–Kier alpha value is -2.83. The minimum atomic E-state index is -0.192. The van der Waals surface area contributed by atoms with Crippen LogP contribution in [0.4, 0.5) is 5.82 Å². The minimum absolute atomic E-state index is 0.0403. The molecule has 1 aliphatic rings. The molecular formula is C18H22N4O3. The molecule has 1 aromatic carbocycles. The van der Waals surface area contributed by atoms with Crippen molar-refractivity contribution in [2.45, 2.75) is 19.8 Å². The van der Waals surface area contributed by atoms with E-state index in [2.05, 4.69) is 20.8 Å². The third-order valence-corrected chi connectivity index (χ3v) is 4.34. The summed E-state index contributed by atoms with van der Waals surface area (Å²) >= 11 is 0. The number of carbonyl (C=O) groups excluding carboxylic acids is 2. The summed E-state index contributed by atoms with van der Waals surface area (Å²) in [5.41, 5.74) is 1.62. The lowest BCUT2D eigenvalue weighted by atomic mass is 10.1. The molecule has 1 aliphatic carbocycles. The second kappa shape index (κ2) is 7.38. The zero-order valence-electron chi connectivity index (χ0n) is 14.3. The van der Waals surface area contributed by atoms with E-state index < -0.39 is 0 Å². The summed E-state index contributed by atoms with van der Waals surface area (Å²) in [6.07, 6.45) is 1.15. The molecule has 0 saturated heterocycles. The van der Waals surface area contributed by atoms with Crippen LogP contribution in [0.5, 0.6) is 5.75 Å². The van der Waals surface area contributed by atoms with Crippen LogP contribution in [-0.2, 0) is 9.59 Å². The van der Waals surface area contributed by atoms with Gasteiger partial charge < -0.3 is 15.4 Å². The first-order valence-corrected chi connectivity index (χ1v) is 8.35. The number of methoxy groups -OCH3 is 1. The van der Waals surface area contributed by atoms with Gasteiger partial charge in [-0.25, -0.2) is 0 Å². The van der Waals surface area contributed by atoms with Gasteiger partial charge >= 0.3 is 0 Å². The van der Waals surface area contributed by atoms with Crippen LogP contribution in [0.15, 0.2) is 30.3 Å². The molecule has 7 heteroatoms. The van der Waals surface area contributed by atoms with Gasteiger partial charge in [-0.2, -0.15) is 5.10 Å². The summed E-state index contributed by atoms with van der Waals surface area (Å²) in [6, 6.07) is 9.31. The number of benzene rings is 1. The van der Waals surface area contributed by atoms with Crippen molar-refractivity contribution in [1.82, 2.24) is 15.5 Å². The number of nitrogens with one attached hydrogen (secondary N) is 3. The van der Waals surface area contributed by atoms with E-state index in [1.165, 1.54) is 0 Å². The van der Waals surface area contributed by atoms with Crippen LogP contribution in [0.25, 0.3) is 11.3 Å². The summed E-state index contributed by atoms with van der Waals surface area (Å²) in [5, 5.41) is 12.5. The number of hydrogen-bond donors (Lipinski definition) is 3. The number of carbonyl (C=O) groups is 2. The quantitative estimate of drug-likeness (QED) is 0.718. The van der Waals surface area contributed by atoms with Gasteiger partial charge in [0.05, 0.1) is 12.8 Å². The number of para-hydroxylation sites is 1. The third kappa shape index (κ3) is 4.17. The monoisotopic (exact) mass is 342 g/mol. The summed E-state index contributed by atoms with van der Waals surface area (Å²) in [7, 11) is 1.61. The average molecular weight is 342 g/mol. The fourth-order valence-corrected chi connectivity index (χ4v) is 2.71. The van der Waals surface area contributed by atoms with Crippen LogP contribution in [-0.4, -0.2) is 35.7 Å². The Morgan fingerprint density at radius 1 is 1.36 bits per heavy atom. The van der Waals surface area contributed by atoms with E-state index in [1.807, 2.05) is 31.2 Å². The van der Waals surface area contributed by atoms with Crippen molar-refractivity contribution in [3.05, 3.63) is 30.3 Å². The standard InChI is InChI=1S/C18H22N4O3/c1-11-9-13(11)18(24)19-8-7-17(23)20-16-10-14(21-22-16)12-5-3-4-6-15(12)25-2/h3-6,10-11,13H,7-9H2,1-2H3,(H,19,24)(H2,20,21,22,23)/t11-,13-/m1/s1. The van der Waals surface area contributed by atoms with Crippen LogP contribution >= 0.6 is 0 Å². The molecule has 2 atom stereocenters. The average Bonchev–Trinajstić information content (AvgIpc) is 3.17. The first kappa shape index (κ1) is 17.0. The van der Waals surface area contributed by atoms with Crippen LogP contribution in [0.3, 0.4) is 0 Å². The number of aromatic amines is 1. The molecule has 1 aromatic heterocycles. The van der Waals surface area contributed by atoms with Crippen molar-refractivity contribution < 1.29 is 14.3 Å². The molecule has 0 bridgehead atoms. The second-order valence-electron chi connectivity index (χ2n) is 6.28. The summed E-state index contributed by atoms with van der Waals surface area (Å²) in [6.45, 7) is 2.38. The summed E-state index contributed by atoms with van der Waals surface area (Å²) in [5.74, 6) is 1.60. The first-order chi connectivity index (χ1) is 12.1. The van der Waals surface area contributed by atoms with Gasteiger partial charge in [-0.1, -0.05) is 19.1 Å². The molecule has 0 spiro atoms. The van der Waals surface area contributed by atoms with E-state index in [9.17, 15) is 9.59 Å². The molecule has 1 saturated carbocycles. The predicted molar refractivity (Wildman–Crippen MR) is 94.1 cm³/mol. The lowest BCUT2D eigenvalue weighted by Gasteiger charge is -2.05. The Balaban J connectivity index is 1.51.